The van der Waals surface area contributed by atoms with Gasteiger partial charge in [0.1, 0.15) is 5.82 Å². The SMILES string of the molecule is O=C(O)c1ccc(NC(=O)C2CC3CCC2C3)cc1F. The highest BCUT2D eigenvalue weighted by Crippen LogP contribution is 2.48. The van der Waals surface area contributed by atoms with Crippen LogP contribution in [0.3, 0.4) is 0 Å². The van der Waals surface area contributed by atoms with Gasteiger partial charge in [-0.15, -0.1) is 0 Å². The lowest BCUT2D eigenvalue weighted by molar-refractivity contribution is -0.121. The largest absolute Gasteiger partial charge is 0.478 e. The van der Waals surface area contributed by atoms with Crippen molar-refractivity contribution in [3.63, 3.8) is 0 Å². The third-order valence-corrected chi connectivity index (χ3v) is 4.54. The smallest absolute Gasteiger partial charge is 0.338 e. The zero-order chi connectivity index (χ0) is 14.3. The quantitative estimate of drug-likeness (QED) is 0.892. The van der Waals surface area contributed by atoms with Gasteiger partial charge in [-0.3, -0.25) is 4.79 Å². The number of carbonyl (C=O) groups excluding carboxylic acids is 1. The minimum Gasteiger partial charge on any atom is -0.478 e. The van der Waals surface area contributed by atoms with Crippen LogP contribution in [-0.4, -0.2) is 17.0 Å². The monoisotopic (exact) mass is 277 g/mol. The molecule has 0 spiro atoms. The maximum atomic E-state index is 13.5. The third-order valence-electron chi connectivity index (χ3n) is 4.54. The number of hydrogen-bond acceptors (Lipinski definition) is 2. The molecule has 2 aliphatic rings. The molecule has 5 heteroatoms. The van der Waals surface area contributed by atoms with E-state index < -0.39 is 11.8 Å². The lowest BCUT2D eigenvalue weighted by atomic mass is 9.88. The number of aromatic carboxylic acids is 1. The first-order chi connectivity index (χ1) is 9.54. The highest BCUT2D eigenvalue weighted by molar-refractivity contribution is 5.94. The van der Waals surface area contributed by atoms with Crippen LogP contribution in [0.4, 0.5) is 10.1 Å². The number of carboxylic acids is 1. The average molecular weight is 277 g/mol. The van der Waals surface area contributed by atoms with Gasteiger partial charge in [-0.25, -0.2) is 9.18 Å². The summed E-state index contributed by atoms with van der Waals surface area (Å²) in [5.74, 6) is -1.06. The lowest BCUT2D eigenvalue weighted by Gasteiger charge is -2.20. The molecule has 1 aromatic carbocycles. The minimum absolute atomic E-state index is 0.0240. The van der Waals surface area contributed by atoms with Gasteiger partial charge < -0.3 is 10.4 Å². The summed E-state index contributed by atoms with van der Waals surface area (Å²) in [6.45, 7) is 0. The Labute approximate surface area is 116 Å². The molecule has 2 bridgehead atoms. The van der Waals surface area contributed by atoms with Crippen LogP contribution in [0.1, 0.15) is 36.0 Å². The van der Waals surface area contributed by atoms with E-state index in [0.717, 1.165) is 25.3 Å². The van der Waals surface area contributed by atoms with Crippen molar-refractivity contribution >= 4 is 17.6 Å². The first kappa shape index (κ1) is 13.1. The van der Waals surface area contributed by atoms with E-state index in [1.54, 1.807) is 0 Å². The molecule has 2 fully saturated rings. The standard InChI is InChI=1S/C15H16FNO3/c16-13-7-10(3-4-11(13)15(19)20)17-14(18)12-6-8-1-2-9(12)5-8/h3-4,7-9,12H,1-2,5-6H2,(H,17,18)(H,19,20). The van der Waals surface area contributed by atoms with E-state index in [1.807, 2.05) is 0 Å². The number of halogens is 1. The normalized spacial score (nSPS) is 27.6. The first-order valence-electron chi connectivity index (χ1n) is 6.88. The summed E-state index contributed by atoms with van der Waals surface area (Å²) in [4.78, 5) is 22.9. The summed E-state index contributed by atoms with van der Waals surface area (Å²) in [6.07, 6.45) is 4.38. The molecule has 3 unspecified atom stereocenters. The highest BCUT2D eigenvalue weighted by Gasteiger charge is 2.43. The Bertz CT molecular complexity index is 572. The topological polar surface area (TPSA) is 66.4 Å². The Balaban J connectivity index is 1.70. The molecule has 0 aliphatic heterocycles. The third kappa shape index (κ3) is 2.28. The molecule has 1 aromatic rings. The fourth-order valence-electron chi connectivity index (χ4n) is 3.57. The average Bonchev–Trinajstić information content (AvgIpc) is 3.00. The van der Waals surface area contributed by atoms with Gasteiger partial charge in [-0.1, -0.05) is 6.42 Å². The second-order valence-corrected chi connectivity index (χ2v) is 5.77. The Morgan fingerprint density at radius 2 is 2.05 bits per heavy atom. The van der Waals surface area contributed by atoms with Crippen LogP contribution in [0.5, 0.6) is 0 Å². The zero-order valence-corrected chi connectivity index (χ0v) is 10.9. The second kappa shape index (κ2) is 4.89. The van der Waals surface area contributed by atoms with Crippen LogP contribution < -0.4 is 5.32 Å². The summed E-state index contributed by atoms with van der Waals surface area (Å²) >= 11 is 0. The molecule has 1 amide bonds. The van der Waals surface area contributed by atoms with Crippen molar-refractivity contribution in [2.75, 3.05) is 5.32 Å². The Morgan fingerprint density at radius 3 is 2.60 bits per heavy atom. The molecule has 0 heterocycles. The Hall–Kier alpha value is -1.91. The van der Waals surface area contributed by atoms with Gasteiger partial charge in [0.25, 0.3) is 0 Å². The van der Waals surface area contributed by atoms with Crippen molar-refractivity contribution < 1.29 is 19.1 Å². The Morgan fingerprint density at radius 1 is 1.25 bits per heavy atom. The summed E-state index contributed by atoms with van der Waals surface area (Å²) < 4.78 is 13.5. The molecule has 2 N–H and O–H groups in total. The van der Waals surface area contributed by atoms with Crippen LogP contribution in [0.15, 0.2) is 18.2 Å². The fraction of sp³-hybridized carbons (Fsp3) is 0.467. The van der Waals surface area contributed by atoms with Gasteiger partial charge in [0.15, 0.2) is 0 Å². The van der Waals surface area contributed by atoms with Crippen LogP contribution in [0.25, 0.3) is 0 Å². The number of carbonyl (C=O) groups is 2. The van der Waals surface area contributed by atoms with E-state index in [-0.39, 0.29) is 17.4 Å². The van der Waals surface area contributed by atoms with Gasteiger partial charge in [0, 0.05) is 11.6 Å². The summed E-state index contributed by atoms with van der Waals surface area (Å²) in [5.41, 5.74) is -0.0665. The van der Waals surface area contributed by atoms with E-state index in [0.29, 0.717) is 17.5 Å². The number of amides is 1. The first-order valence-corrected chi connectivity index (χ1v) is 6.88. The maximum Gasteiger partial charge on any atom is 0.338 e. The molecule has 4 nitrogen and oxygen atoms in total. The van der Waals surface area contributed by atoms with E-state index >= 15 is 0 Å². The van der Waals surface area contributed by atoms with Crippen LogP contribution >= 0.6 is 0 Å². The molecule has 3 rings (SSSR count). The molecule has 2 saturated carbocycles. The number of fused-ring (bicyclic) bond motifs is 2. The molecule has 20 heavy (non-hydrogen) atoms. The molecule has 0 aromatic heterocycles. The molecule has 3 atom stereocenters. The molecule has 0 radical (unpaired) electrons. The zero-order valence-electron chi connectivity index (χ0n) is 10.9. The Kier molecular flexibility index (Phi) is 3.20. The molecule has 2 aliphatic carbocycles. The number of nitrogens with one attached hydrogen (secondary N) is 1. The summed E-state index contributed by atoms with van der Waals surface area (Å²) in [6, 6.07) is 3.67. The molecule has 0 saturated heterocycles. The highest BCUT2D eigenvalue weighted by atomic mass is 19.1. The van der Waals surface area contributed by atoms with Crippen molar-refractivity contribution in [2.45, 2.75) is 25.7 Å². The van der Waals surface area contributed by atoms with Crippen molar-refractivity contribution in [3.8, 4) is 0 Å². The van der Waals surface area contributed by atoms with Crippen molar-refractivity contribution in [2.24, 2.45) is 17.8 Å². The predicted octanol–water partition coefficient (Wildman–Crippen LogP) is 2.90. The van der Waals surface area contributed by atoms with Crippen molar-refractivity contribution in [3.05, 3.63) is 29.6 Å². The van der Waals surface area contributed by atoms with E-state index in [4.69, 9.17) is 5.11 Å². The van der Waals surface area contributed by atoms with Crippen molar-refractivity contribution in [1.82, 2.24) is 0 Å². The number of benzene rings is 1. The maximum absolute atomic E-state index is 13.5. The number of carboxylic acid groups (broad SMARTS) is 1. The van der Waals surface area contributed by atoms with Crippen LogP contribution in [0, 0.1) is 23.6 Å². The number of hydrogen-bond donors (Lipinski definition) is 2. The second-order valence-electron chi connectivity index (χ2n) is 5.77. The van der Waals surface area contributed by atoms with Crippen molar-refractivity contribution in [1.29, 1.82) is 0 Å². The van der Waals surface area contributed by atoms with Gasteiger partial charge in [0.2, 0.25) is 5.91 Å². The van der Waals surface area contributed by atoms with Crippen LogP contribution in [-0.2, 0) is 4.79 Å². The summed E-state index contributed by atoms with van der Waals surface area (Å²) in [7, 11) is 0. The van der Waals surface area contributed by atoms with Gasteiger partial charge in [0.05, 0.1) is 5.56 Å². The lowest BCUT2D eigenvalue weighted by Crippen LogP contribution is -2.27. The molecular formula is C15H16FNO3. The van der Waals surface area contributed by atoms with E-state index in [1.165, 1.54) is 18.6 Å². The number of rotatable bonds is 3. The van der Waals surface area contributed by atoms with E-state index in [2.05, 4.69) is 5.32 Å². The molecular weight excluding hydrogens is 261 g/mol. The minimum atomic E-state index is -1.31. The van der Waals surface area contributed by atoms with Gasteiger partial charge in [-0.05, 0) is 49.3 Å². The van der Waals surface area contributed by atoms with E-state index in [9.17, 15) is 14.0 Å². The van der Waals surface area contributed by atoms with Gasteiger partial charge in [-0.2, -0.15) is 0 Å². The predicted molar refractivity (Wildman–Crippen MR) is 70.9 cm³/mol. The molecule has 106 valence electrons. The van der Waals surface area contributed by atoms with Gasteiger partial charge >= 0.3 is 5.97 Å². The number of anilines is 1. The summed E-state index contributed by atoms with van der Waals surface area (Å²) in [5, 5.41) is 11.5. The van der Waals surface area contributed by atoms with Crippen LogP contribution in [0.2, 0.25) is 0 Å². The fourth-order valence-corrected chi connectivity index (χ4v) is 3.57.